The van der Waals surface area contributed by atoms with Crippen molar-refractivity contribution in [2.45, 2.75) is 24.3 Å². The normalized spacial score (nSPS) is 16.2. The van der Waals surface area contributed by atoms with Crippen LogP contribution in [0.3, 0.4) is 0 Å². The number of rotatable bonds is 3. The van der Waals surface area contributed by atoms with E-state index in [1.807, 2.05) is 0 Å². The van der Waals surface area contributed by atoms with Crippen molar-refractivity contribution in [1.29, 1.82) is 0 Å². The molecule has 0 amide bonds. The van der Waals surface area contributed by atoms with Crippen LogP contribution in [0.15, 0.2) is 23.4 Å². The van der Waals surface area contributed by atoms with Gasteiger partial charge in [0.05, 0.1) is 5.75 Å². The monoisotopic (exact) mass is 321 g/mol. The van der Waals surface area contributed by atoms with Gasteiger partial charge in [-0.2, -0.15) is 9.59 Å². The van der Waals surface area contributed by atoms with Crippen LogP contribution in [0.5, 0.6) is 0 Å². The Kier molecular flexibility index (Phi) is 4.81. The summed E-state index contributed by atoms with van der Waals surface area (Å²) in [6, 6.07) is 1.84. The molecule has 0 N–H and O–H groups in total. The Hall–Kier alpha value is -1.11. The Morgan fingerprint density at radius 2 is 1.79 bits per heavy atom. The van der Waals surface area contributed by atoms with E-state index in [2.05, 4.69) is 4.98 Å². The third-order valence-electron chi connectivity index (χ3n) is 1.91. The van der Waals surface area contributed by atoms with Crippen LogP contribution in [-0.4, -0.2) is 22.3 Å². The van der Waals surface area contributed by atoms with Gasteiger partial charge in [0, 0.05) is 11.6 Å². The molecular formula is C10H12ClF4NO2S. The molecule has 1 rings (SSSR count). The molecule has 0 spiro atoms. The smallest absolute Gasteiger partial charge is 0.243 e. The van der Waals surface area contributed by atoms with Crippen LogP contribution in [0.4, 0.5) is 15.5 Å². The van der Waals surface area contributed by atoms with Crippen LogP contribution in [0.25, 0.3) is 0 Å². The number of carbonyl (C=O) groups excluding carboxylic acids is 2. The first-order valence-corrected chi connectivity index (χ1v) is 7.56. The maximum absolute atomic E-state index is 13.6. The lowest BCUT2D eigenvalue weighted by Crippen LogP contribution is -2.24. The van der Waals surface area contributed by atoms with Crippen molar-refractivity contribution >= 4 is 27.6 Å². The van der Waals surface area contributed by atoms with Gasteiger partial charge in [0.1, 0.15) is 0 Å². The molecule has 1 aromatic rings. The van der Waals surface area contributed by atoms with Crippen LogP contribution < -0.4 is 0 Å². The summed E-state index contributed by atoms with van der Waals surface area (Å²) in [6.07, 6.45) is 1.24. The highest BCUT2D eigenvalue weighted by Crippen LogP contribution is 3.00. The second-order valence-corrected chi connectivity index (χ2v) is 7.92. The van der Waals surface area contributed by atoms with Crippen molar-refractivity contribution in [2.24, 2.45) is 0 Å². The minimum atomic E-state index is -8.32. The lowest BCUT2D eigenvalue weighted by molar-refractivity contribution is -0.191. The van der Waals surface area contributed by atoms with E-state index in [1.165, 1.54) is 6.07 Å². The maximum Gasteiger partial charge on any atom is 0.373 e. The van der Waals surface area contributed by atoms with E-state index in [0.29, 0.717) is 11.6 Å². The summed E-state index contributed by atoms with van der Waals surface area (Å²) in [5.74, 6) is -1.67. The fraction of sp³-hybridized carbons (Fsp3) is 0.400. The van der Waals surface area contributed by atoms with Gasteiger partial charge in [0.25, 0.3) is 0 Å². The van der Waals surface area contributed by atoms with Crippen LogP contribution in [0.1, 0.15) is 12.5 Å². The molecule has 19 heavy (non-hydrogen) atoms. The number of hydrogen-bond acceptors (Lipinski definition) is 3. The molecule has 0 aliphatic rings. The molecule has 0 saturated heterocycles. The van der Waals surface area contributed by atoms with Crippen LogP contribution >= 0.6 is 21.4 Å². The highest BCUT2D eigenvalue weighted by atomic mass is 35.5. The lowest BCUT2D eigenvalue weighted by Gasteiger charge is -2.49. The summed E-state index contributed by atoms with van der Waals surface area (Å²) in [7, 11) is -8.32. The summed E-state index contributed by atoms with van der Waals surface area (Å²) in [4.78, 5) is 19.4. The Labute approximate surface area is 112 Å². The minimum Gasteiger partial charge on any atom is -0.243 e. The number of aryl methyl sites for hydroxylation is 1. The van der Waals surface area contributed by atoms with Crippen molar-refractivity contribution in [3.8, 4) is 0 Å². The highest BCUT2D eigenvalue weighted by Gasteiger charge is 2.66. The van der Waals surface area contributed by atoms with E-state index >= 15 is 0 Å². The predicted octanol–water partition coefficient (Wildman–Crippen LogP) is 4.21. The number of nitrogens with zero attached hydrogens (tertiary/aromatic N) is 1. The topological polar surface area (TPSA) is 47.0 Å². The van der Waals surface area contributed by atoms with Crippen molar-refractivity contribution in [3.63, 3.8) is 0 Å². The quantitative estimate of drug-likeness (QED) is 0.619. The van der Waals surface area contributed by atoms with Crippen LogP contribution in [-0.2, 0) is 9.59 Å². The first-order chi connectivity index (χ1) is 8.34. The zero-order valence-electron chi connectivity index (χ0n) is 10.1. The Morgan fingerprint density at radius 1 is 1.32 bits per heavy atom. The molecule has 0 aromatic carbocycles. The zero-order chi connectivity index (χ0) is 15.4. The molecule has 110 valence electrons. The van der Waals surface area contributed by atoms with Crippen LogP contribution in [0.2, 0.25) is 0 Å². The molecule has 0 bridgehead atoms. The molecule has 1 aromatic heterocycles. The Bertz CT molecular complexity index is 479. The first-order valence-electron chi connectivity index (χ1n) is 4.90. The van der Waals surface area contributed by atoms with E-state index in [1.54, 1.807) is 6.92 Å². The van der Waals surface area contributed by atoms with Gasteiger partial charge in [-0.25, -0.2) is 4.98 Å². The lowest BCUT2D eigenvalue weighted by atomic mass is 10.3. The van der Waals surface area contributed by atoms with E-state index in [4.69, 9.17) is 21.2 Å². The van der Waals surface area contributed by atoms with Gasteiger partial charge in [0.2, 0.25) is 9.84 Å². The van der Waals surface area contributed by atoms with Gasteiger partial charge < -0.3 is 0 Å². The second kappa shape index (κ2) is 5.11. The largest absolute Gasteiger partial charge is 0.373 e. The standard InChI is InChI=1S/C9H12ClF4NS.CO2/c1-7-3-4-9(15-5-7)16(11,12,13,14)6-8(2)10;2-1-3/h3-5,8H,6H2,1-2H3;. The molecule has 1 unspecified atom stereocenters. The summed E-state index contributed by atoms with van der Waals surface area (Å²) in [5, 5.41) is -2.78. The Morgan fingerprint density at radius 3 is 2.11 bits per heavy atom. The van der Waals surface area contributed by atoms with Gasteiger partial charge in [-0.3, -0.25) is 0 Å². The first kappa shape index (κ1) is 17.9. The number of alkyl halides is 1. The van der Waals surface area contributed by atoms with Crippen molar-refractivity contribution in [1.82, 2.24) is 4.98 Å². The number of hydrogen-bond donors (Lipinski definition) is 0. The summed E-state index contributed by atoms with van der Waals surface area (Å²) >= 11 is 5.26. The SMILES string of the molecule is Cc1ccc(S(F)(F)(F)(F)CC(C)Cl)nc1.O=C=O. The number of halogens is 5. The molecule has 1 atom stereocenters. The number of aromatic nitrogens is 1. The Balaban J connectivity index is 0.000000982. The third kappa shape index (κ3) is 5.59. The van der Waals surface area contributed by atoms with E-state index in [-0.39, 0.29) is 6.15 Å². The molecule has 0 radical (unpaired) electrons. The van der Waals surface area contributed by atoms with E-state index in [9.17, 15) is 15.5 Å². The van der Waals surface area contributed by atoms with Gasteiger partial charge in [-0.05, 0) is 25.5 Å². The number of pyridine rings is 1. The zero-order valence-corrected chi connectivity index (χ0v) is 11.7. The van der Waals surface area contributed by atoms with Gasteiger partial charge in [-0.15, -0.1) is 27.1 Å². The summed E-state index contributed by atoms with van der Waals surface area (Å²) < 4.78 is 54.2. The molecule has 0 aliphatic heterocycles. The maximum atomic E-state index is 13.6. The summed E-state index contributed by atoms with van der Waals surface area (Å²) in [6.45, 7) is 2.68. The summed E-state index contributed by atoms with van der Waals surface area (Å²) in [5.41, 5.74) is 0.538. The fourth-order valence-corrected chi connectivity index (χ4v) is 3.78. The van der Waals surface area contributed by atoms with Gasteiger partial charge >= 0.3 is 6.15 Å². The fourth-order valence-electron chi connectivity index (χ4n) is 1.27. The van der Waals surface area contributed by atoms with Crippen molar-refractivity contribution < 1.29 is 25.1 Å². The second-order valence-electron chi connectivity index (χ2n) is 3.94. The van der Waals surface area contributed by atoms with Crippen molar-refractivity contribution in [2.75, 3.05) is 5.75 Å². The van der Waals surface area contributed by atoms with Gasteiger partial charge in [0.15, 0.2) is 5.03 Å². The molecule has 3 nitrogen and oxygen atoms in total. The average molecular weight is 322 g/mol. The minimum absolute atomic E-state index is 0.250. The highest BCUT2D eigenvalue weighted by molar-refractivity contribution is 8.49. The van der Waals surface area contributed by atoms with Crippen LogP contribution in [0, 0.1) is 6.92 Å². The average Bonchev–Trinajstić information content (AvgIpc) is 2.14. The molecule has 9 heteroatoms. The van der Waals surface area contributed by atoms with E-state index < -0.39 is 26.0 Å². The molecular weight excluding hydrogens is 310 g/mol. The van der Waals surface area contributed by atoms with E-state index in [0.717, 1.165) is 13.1 Å². The molecule has 0 saturated carbocycles. The molecule has 0 fully saturated rings. The molecule has 0 aliphatic carbocycles. The predicted molar refractivity (Wildman–Crippen MR) is 64.5 cm³/mol. The van der Waals surface area contributed by atoms with Gasteiger partial charge in [-0.1, -0.05) is 6.07 Å². The third-order valence-corrected chi connectivity index (χ3v) is 4.59. The molecule has 1 heterocycles. The van der Waals surface area contributed by atoms with Crippen molar-refractivity contribution in [3.05, 3.63) is 23.9 Å².